The third-order valence-corrected chi connectivity index (χ3v) is 5.00. The van der Waals surface area contributed by atoms with Gasteiger partial charge in [-0.15, -0.1) is 0 Å². The van der Waals surface area contributed by atoms with E-state index >= 15 is 0 Å². The largest absolute Gasteiger partial charge is 0.461 e. The van der Waals surface area contributed by atoms with Crippen LogP contribution in [0.4, 0.5) is 5.69 Å². The average Bonchev–Trinajstić information content (AvgIpc) is 3.02. The van der Waals surface area contributed by atoms with Gasteiger partial charge in [-0.1, -0.05) is 6.42 Å². The van der Waals surface area contributed by atoms with Crippen molar-refractivity contribution >= 4 is 17.6 Å². The van der Waals surface area contributed by atoms with Crippen molar-refractivity contribution in [2.24, 2.45) is 21.5 Å². The monoisotopic (exact) mass is 337 g/mol. The summed E-state index contributed by atoms with van der Waals surface area (Å²) in [5.74, 6) is 2.45. The van der Waals surface area contributed by atoms with Crippen LogP contribution in [0.1, 0.15) is 37.9 Å². The minimum atomic E-state index is -0.406. The maximum Gasteiger partial charge on any atom is 0.220 e. The molecule has 1 aromatic heterocycles. The van der Waals surface area contributed by atoms with Crippen molar-refractivity contribution in [2.45, 2.75) is 44.7 Å². The van der Waals surface area contributed by atoms with E-state index in [4.69, 9.17) is 20.9 Å². The van der Waals surface area contributed by atoms with Crippen LogP contribution < -0.4 is 16.4 Å². The van der Waals surface area contributed by atoms with Crippen molar-refractivity contribution < 1.29 is 4.42 Å². The Labute approximate surface area is 147 Å². The fraction of sp³-hybridized carbons (Fsp3) is 0.368. The Kier molecular flexibility index (Phi) is 3.75. The molecule has 0 atom stereocenters. The highest BCUT2D eigenvalue weighted by Crippen LogP contribution is 2.39. The molecule has 2 aromatic rings. The van der Waals surface area contributed by atoms with E-state index < -0.39 is 5.66 Å². The second-order valence-corrected chi connectivity index (χ2v) is 6.78. The molecule has 6 nitrogen and oxygen atoms in total. The van der Waals surface area contributed by atoms with E-state index in [2.05, 4.69) is 4.99 Å². The molecule has 2 aliphatic rings. The maximum atomic E-state index is 6.26. The van der Waals surface area contributed by atoms with Gasteiger partial charge in [0.1, 0.15) is 17.2 Å². The Balaban J connectivity index is 1.70. The van der Waals surface area contributed by atoms with Crippen LogP contribution in [-0.2, 0) is 0 Å². The molecule has 0 bridgehead atoms. The summed E-state index contributed by atoms with van der Waals surface area (Å²) in [6.45, 7) is 1.94. The molecule has 0 amide bonds. The maximum absolute atomic E-state index is 6.26. The third-order valence-electron chi connectivity index (χ3n) is 5.00. The Morgan fingerprint density at radius 2 is 1.72 bits per heavy atom. The van der Waals surface area contributed by atoms with E-state index in [-0.39, 0.29) is 5.96 Å². The fourth-order valence-electron chi connectivity index (χ4n) is 3.86. The molecule has 0 unspecified atom stereocenters. The lowest BCUT2D eigenvalue weighted by atomic mass is 9.87. The van der Waals surface area contributed by atoms with E-state index in [0.717, 1.165) is 48.5 Å². The fourth-order valence-corrected chi connectivity index (χ4v) is 3.86. The molecule has 2 heterocycles. The number of nitrogens with zero attached hydrogens (tertiary/aromatic N) is 3. The zero-order chi connectivity index (χ0) is 17.4. The predicted molar refractivity (Wildman–Crippen MR) is 100 cm³/mol. The van der Waals surface area contributed by atoms with Gasteiger partial charge in [-0.2, -0.15) is 4.99 Å². The van der Waals surface area contributed by atoms with E-state index in [0.29, 0.717) is 5.96 Å². The second kappa shape index (κ2) is 5.95. The van der Waals surface area contributed by atoms with Crippen LogP contribution in [0.5, 0.6) is 0 Å². The molecule has 1 spiro atoms. The number of nitrogens with two attached hydrogens (primary N) is 2. The zero-order valence-corrected chi connectivity index (χ0v) is 14.4. The summed E-state index contributed by atoms with van der Waals surface area (Å²) in [5.41, 5.74) is 13.8. The first-order valence-electron chi connectivity index (χ1n) is 8.74. The zero-order valence-electron chi connectivity index (χ0n) is 14.4. The standard InChI is InChI=1S/C19H23N5O/c1-13-5-10-16(25-13)14-6-8-15(9-7-14)24-18(21)22-17(20)23-19(24)11-3-2-4-12-19/h5-10H,2-4,11-12H2,1H3,(H4,20,21,22,23). The lowest BCUT2D eigenvalue weighted by Gasteiger charge is -2.45. The number of rotatable bonds is 2. The van der Waals surface area contributed by atoms with Gasteiger partial charge in [0.05, 0.1) is 0 Å². The predicted octanol–water partition coefficient (Wildman–Crippen LogP) is 3.36. The van der Waals surface area contributed by atoms with Crippen molar-refractivity contribution in [1.29, 1.82) is 0 Å². The summed E-state index contributed by atoms with van der Waals surface area (Å²) in [4.78, 5) is 10.9. The molecule has 1 saturated carbocycles. The van der Waals surface area contributed by atoms with Crippen molar-refractivity contribution in [2.75, 3.05) is 4.90 Å². The number of hydrogen-bond donors (Lipinski definition) is 2. The topological polar surface area (TPSA) is 93.1 Å². The number of furan rings is 1. The van der Waals surface area contributed by atoms with Gasteiger partial charge in [-0.05, 0) is 69.0 Å². The van der Waals surface area contributed by atoms with Crippen LogP contribution in [0, 0.1) is 6.92 Å². The Morgan fingerprint density at radius 1 is 1.00 bits per heavy atom. The summed E-state index contributed by atoms with van der Waals surface area (Å²) in [7, 11) is 0. The molecule has 4 rings (SSSR count). The Hall–Kier alpha value is -2.76. The van der Waals surface area contributed by atoms with Crippen molar-refractivity contribution in [1.82, 2.24) is 0 Å². The molecule has 0 saturated heterocycles. The minimum absolute atomic E-state index is 0.276. The number of benzene rings is 1. The highest BCUT2D eigenvalue weighted by atomic mass is 16.3. The number of guanidine groups is 2. The normalized spacial score (nSPS) is 19.6. The van der Waals surface area contributed by atoms with Gasteiger partial charge in [0.2, 0.25) is 11.9 Å². The van der Waals surface area contributed by atoms with E-state index in [1.165, 1.54) is 6.42 Å². The number of hydrogen-bond acceptors (Lipinski definition) is 6. The minimum Gasteiger partial charge on any atom is -0.461 e. The Bertz CT molecular complexity index is 828. The van der Waals surface area contributed by atoms with Gasteiger partial charge in [-0.3, -0.25) is 4.90 Å². The molecular weight excluding hydrogens is 314 g/mol. The van der Waals surface area contributed by atoms with E-state index in [1.54, 1.807) is 0 Å². The smallest absolute Gasteiger partial charge is 0.220 e. The average molecular weight is 337 g/mol. The molecule has 1 aliphatic carbocycles. The lowest BCUT2D eigenvalue weighted by Crippen LogP contribution is -2.58. The Morgan fingerprint density at radius 3 is 2.36 bits per heavy atom. The van der Waals surface area contributed by atoms with Crippen molar-refractivity contribution in [3.8, 4) is 11.3 Å². The quantitative estimate of drug-likeness (QED) is 0.878. The number of aliphatic imine (C=N–C) groups is 2. The first kappa shape index (κ1) is 15.7. The van der Waals surface area contributed by atoms with Gasteiger partial charge >= 0.3 is 0 Å². The summed E-state index contributed by atoms with van der Waals surface area (Å²) in [6, 6.07) is 12.1. The molecule has 1 fully saturated rings. The SMILES string of the molecule is Cc1ccc(-c2ccc(N3C(N)=NC(N)=NC34CCCCC4)cc2)o1. The van der Waals surface area contributed by atoms with Crippen LogP contribution in [0.3, 0.4) is 0 Å². The summed E-state index contributed by atoms with van der Waals surface area (Å²) in [5, 5.41) is 0. The molecule has 6 heteroatoms. The number of anilines is 1. The van der Waals surface area contributed by atoms with Gasteiger partial charge in [-0.25, -0.2) is 4.99 Å². The van der Waals surface area contributed by atoms with Crippen LogP contribution in [0.25, 0.3) is 11.3 Å². The first-order chi connectivity index (χ1) is 12.1. The van der Waals surface area contributed by atoms with Gasteiger partial charge in [0.25, 0.3) is 0 Å². The highest BCUT2D eigenvalue weighted by Gasteiger charge is 2.42. The summed E-state index contributed by atoms with van der Waals surface area (Å²) < 4.78 is 5.70. The van der Waals surface area contributed by atoms with Gasteiger partial charge in [0.15, 0.2) is 0 Å². The molecular formula is C19H23N5O. The lowest BCUT2D eigenvalue weighted by molar-refractivity contribution is 0.305. The second-order valence-electron chi connectivity index (χ2n) is 6.78. The van der Waals surface area contributed by atoms with Crippen molar-refractivity contribution in [3.05, 3.63) is 42.2 Å². The number of aryl methyl sites for hydroxylation is 1. The van der Waals surface area contributed by atoms with E-state index in [1.807, 2.05) is 48.2 Å². The van der Waals surface area contributed by atoms with Crippen LogP contribution in [0.15, 0.2) is 50.8 Å². The molecule has 4 N–H and O–H groups in total. The molecule has 0 radical (unpaired) electrons. The van der Waals surface area contributed by atoms with Crippen LogP contribution >= 0.6 is 0 Å². The summed E-state index contributed by atoms with van der Waals surface area (Å²) >= 11 is 0. The van der Waals surface area contributed by atoms with Crippen LogP contribution in [0.2, 0.25) is 0 Å². The summed E-state index contributed by atoms with van der Waals surface area (Å²) in [6.07, 6.45) is 5.32. The highest BCUT2D eigenvalue weighted by molar-refractivity contribution is 6.05. The molecule has 130 valence electrons. The molecule has 1 aliphatic heterocycles. The van der Waals surface area contributed by atoms with Crippen molar-refractivity contribution in [3.63, 3.8) is 0 Å². The third kappa shape index (κ3) is 2.77. The van der Waals surface area contributed by atoms with Crippen LogP contribution in [-0.4, -0.2) is 17.6 Å². The molecule has 1 aromatic carbocycles. The van der Waals surface area contributed by atoms with Gasteiger partial charge < -0.3 is 15.9 Å². The van der Waals surface area contributed by atoms with E-state index in [9.17, 15) is 0 Å². The van der Waals surface area contributed by atoms with Gasteiger partial charge in [0, 0.05) is 11.3 Å². The first-order valence-corrected chi connectivity index (χ1v) is 8.74. The molecule has 25 heavy (non-hydrogen) atoms.